The lowest BCUT2D eigenvalue weighted by Crippen LogP contribution is -2.01. The van der Waals surface area contributed by atoms with E-state index in [1.54, 1.807) is 6.07 Å². The standard InChI is InChI=1S/C12H11F3N2/c1-2-3-6-4-9(16)7-5-8(13)10(14)11(15)12(7)17-6/h4-5H,2-3H2,1H3,(H2,16,17). The molecular formula is C12H11F3N2. The number of halogens is 3. The van der Waals surface area contributed by atoms with Gasteiger partial charge < -0.3 is 5.73 Å². The topological polar surface area (TPSA) is 38.9 Å². The Morgan fingerprint density at radius 3 is 2.53 bits per heavy atom. The van der Waals surface area contributed by atoms with Crippen LogP contribution in [-0.4, -0.2) is 4.98 Å². The normalized spacial score (nSPS) is 11.1. The van der Waals surface area contributed by atoms with Gasteiger partial charge in [-0.05, 0) is 18.6 Å². The van der Waals surface area contributed by atoms with Crippen LogP contribution in [0.15, 0.2) is 12.1 Å². The second-order valence-electron chi connectivity index (χ2n) is 3.84. The van der Waals surface area contributed by atoms with Crippen LogP contribution in [0.5, 0.6) is 0 Å². The van der Waals surface area contributed by atoms with E-state index in [2.05, 4.69) is 4.98 Å². The van der Waals surface area contributed by atoms with Gasteiger partial charge in [0, 0.05) is 16.8 Å². The maximum Gasteiger partial charge on any atom is 0.196 e. The smallest absolute Gasteiger partial charge is 0.196 e. The zero-order valence-electron chi connectivity index (χ0n) is 9.23. The molecule has 0 aliphatic rings. The maximum absolute atomic E-state index is 13.5. The van der Waals surface area contributed by atoms with Crippen molar-refractivity contribution in [3.05, 3.63) is 35.3 Å². The molecule has 1 aromatic carbocycles. The SMILES string of the molecule is CCCc1cc(N)c2cc(F)c(F)c(F)c2n1. The Labute approximate surface area is 96.3 Å². The van der Waals surface area contributed by atoms with Crippen molar-refractivity contribution in [2.75, 3.05) is 5.73 Å². The number of aryl methyl sites for hydroxylation is 1. The van der Waals surface area contributed by atoms with Crippen molar-refractivity contribution in [1.29, 1.82) is 0 Å². The van der Waals surface area contributed by atoms with E-state index in [-0.39, 0.29) is 16.6 Å². The van der Waals surface area contributed by atoms with Gasteiger partial charge in [-0.2, -0.15) is 0 Å². The first-order chi connectivity index (χ1) is 8.04. The number of benzene rings is 1. The third kappa shape index (κ3) is 1.92. The van der Waals surface area contributed by atoms with Crippen LogP contribution in [0.3, 0.4) is 0 Å². The molecule has 2 nitrogen and oxygen atoms in total. The van der Waals surface area contributed by atoms with E-state index in [1.165, 1.54) is 0 Å². The average molecular weight is 240 g/mol. The van der Waals surface area contributed by atoms with Crippen molar-refractivity contribution in [2.45, 2.75) is 19.8 Å². The summed E-state index contributed by atoms with van der Waals surface area (Å²) in [5, 5.41) is 0.0984. The zero-order chi connectivity index (χ0) is 12.6. The van der Waals surface area contributed by atoms with Gasteiger partial charge in [0.05, 0.1) is 0 Å². The molecule has 1 heterocycles. The fourth-order valence-electron chi connectivity index (χ4n) is 1.73. The first-order valence-electron chi connectivity index (χ1n) is 5.27. The van der Waals surface area contributed by atoms with Gasteiger partial charge in [-0.25, -0.2) is 18.2 Å². The Morgan fingerprint density at radius 1 is 1.18 bits per heavy atom. The first-order valence-corrected chi connectivity index (χ1v) is 5.27. The number of nitrogens with two attached hydrogens (primary N) is 1. The molecule has 0 spiro atoms. The molecule has 0 fully saturated rings. The lowest BCUT2D eigenvalue weighted by Gasteiger charge is -2.07. The van der Waals surface area contributed by atoms with Gasteiger partial charge in [0.25, 0.3) is 0 Å². The number of aromatic nitrogens is 1. The fraction of sp³-hybridized carbons (Fsp3) is 0.250. The van der Waals surface area contributed by atoms with Gasteiger partial charge in [-0.3, -0.25) is 0 Å². The van der Waals surface area contributed by atoms with Crippen LogP contribution >= 0.6 is 0 Å². The Bertz CT molecular complexity index is 582. The monoisotopic (exact) mass is 240 g/mol. The summed E-state index contributed by atoms with van der Waals surface area (Å²) in [6, 6.07) is 2.43. The van der Waals surface area contributed by atoms with Gasteiger partial charge in [-0.1, -0.05) is 13.3 Å². The molecular weight excluding hydrogens is 229 g/mol. The summed E-state index contributed by atoms with van der Waals surface area (Å²) in [7, 11) is 0. The molecule has 0 saturated carbocycles. The number of hydrogen-bond acceptors (Lipinski definition) is 2. The molecule has 90 valence electrons. The highest BCUT2D eigenvalue weighted by Crippen LogP contribution is 2.26. The van der Waals surface area contributed by atoms with Crippen molar-refractivity contribution < 1.29 is 13.2 Å². The molecule has 2 aromatic rings. The van der Waals surface area contributed by atoms with Crippen molar-refractivity contribution >= 4 is 16.6 Å². The molecule has 5 heteroatoms. The van der Waals surface area contributed by atoms with Crippen LogP contribution in [0, 0.1) is 17.5 Å². The first kappa shape index (κ1) is 11.7. The molecule has 2 rings (SSSR count). The second-order valence-corrected chi connectivity index (χ2v) is 3.84. The highest BCUT2D eigenvalue weighted by atomic mass is 19.2. The minimum Gasteiger partial charge on any atom is -0.398 e. The molecule has 0 saturated heterocycles. The van der Waals surface area contributed by atoms with Gasteiger partial charge in [0.1, 0.15) is 5.52 Å². The second kappa shape index (κ2) is 4.24. The molecule has 0 radical (unpaired) electrons. The lowest BCUT2D eigenvalue weighted by atomic mass is 10.1. The molecule has 0 bridgehead atoms. The van der Waals surface area contributed by atoms with E-state index in [0.29, 0.717) is 12.1 Å². The Balaban J connectivity index is 2.78. The van der Waals surface area contributed by atoms with Crippen LogP contribution in [0.1, 0.15) is 19.0 Å². The number of nitrogen functional groups attached to an aromatic ring is 1. The third-order valence-electron chi connectivity index (χ3n) is 2.53. The average Bonchev–Trinajstić information content (AvgIpc) is 2.29. The third-order valence-corrected chi connectivity index (χ3v) is 2.53. The van der Waals surface area contributed by atoms with Gasteiger partial charge in [0.15, 0.2) is 17.5 Å². The Morgan fingerprint density at radius 2 is 1.88 bits per heavy atom. The number of pyridine rings is 1. The Kier molecular flexibility index (Phi) is 2.92. The summed E-state index contributed by atoms with van der Waals surface area (Å²) in [5.41, 5.74) is 6.24. The highest BCUT2D eigenvalue weighted by molar-refractivity contribution is 5.90. The largest absolute Gasteiger partial charge is 0.398 e. The summed E-state index contributed by atoms with van der Waals surface area (Å²) in [6.45, 7) is 1.93. The van der Waals surface area contributed by atoms with Crippen molar-refractivity contribution in [2.24, 2.45) is 0 Å². The van der Waals surface area contributed by atoms with Crippen LogP contribution in [0.4, 0.5) is 18.9 Å². The summed E-state index contributed by atoms with van der Waals surface area (Å²) < 4.78 is 39.6. The summed E-state index contributed by atoms with van der Waals surface area (Å²) in [4.78, 5) is 3.97. The molecule has 0 atom stereocenters. The number of fused-ring (bicyclic) bond motifs is 1. The van der Waals surface area contributed by atoms with Crippen molar-refractivity contribution in [1.82, 2.24) is 4.98 Å². The quantitative estimate of drug-likeness (QED) is 0.819. The summed E-state index contributed by atoms with van der Waals surface area (Å²) in [5.74, 6) is -4.06. The van der Waals surface area contributed by atoms with E-state index in [4.69, 9.17) is 5.73 Å². The zero-order valence-corrected chi connectivity index (χ0v) is 9.23. The van der Waals surface area contributed by atoms with Gasteiger partial charge in [-0.15, -0.1) is 0 Å². The molecule has 0 unspecified atom stereocenters. The van der Waals surface area contributed by atoms with Crippen LogP contribution in [0.25, 0.3) is 10.9 Å². The van der Waals surface area contributed by atoms with Gasteiger partial charge >= 0.3 is 0 Å². The maximum atomic E-state index is 13.5. The van der Waals surface area contributed by atoms with E-state index in [1.807, 2.05) is 6.92 Å². The number of anilines is 1. The van der Waals surface area contributed by atoms with Crippen LogP contribution < -0.4 is 5.73 Å². The minimum atomic E-state index is -1.52. The highest BCUT2D eigenvalue weighted by Gasteiger charge is 2.16. The summed E-state index contributed by atoms with van der Waals surface area (Å²) >= 11 is 0. The molecule has 17 heavy (non-hydrogen) atoms. The van der Waals surface area contributed by atoms with E-state index in [0.717, 1.165) is 12.5 Å². The molecule has 1 aromatic heterocycles. The molecule has 2 N–H and O–H groups in total. The number of rotatable bonds is 2. The Hall–Kier alpha value is -1.78. The van der Waals surface area contributed by atoms with Gasteiger partial charge in [0.2, 0.25) is 0 Å². The molecule has 0 aliphatic carbocycles. The summed E-state index contributed by atoms with van der Waals surface area (Å²) in [6.07, 6.45) is 1.42. The fourth-order valence-corrected chi connectivity index (χ4v) is 1.73. The minimum absolute atomic E-state index is 0.0984. The van der Waals surface area contributed by atoms with Crippen LogP contribution in [0.2, 0.25) is 0 Å². The predicted molar refractivity (Wildman–Crippen MR) is 60.0 cm³/mol. The predicted octanol–water partition coefficient (Wildman–Crippen LogP) is 3.19. The number of nitrogens with zero attached hydrogens (tertiary/aromatic N) is 1. The van der Waals surface area contributed by atoms with E-state index >= 15 is 0 Å². The number of hydrogen-bond donors (Lipinski definition) is 1. The lowest BCUT2D eigenvalue weighted by molar-refractivity contribution is 0.452. The van der Waals surface area contributed by atoms with Crippen molar-refractivity contribution in [3.63, 3.8) is 0 Å². The van der Waals surface area contributed by atoms with E-state index in [9.17, 15) is 13.2 Å². The van der Waals surface area contributed by atoms with Crippen LogP contribution in [-0.2, 0) is 6.42 Å². The molecule has 0 aliphatic heterocycles. The molecule has 0 amide bonds. The van der Waals surface area contributed by atoms with Crippen molar-refractivity contribution in [3.8, 4) is 0 Å². The van der Waals surface area contributed by atoms with E-state index < -0.39 is 17.5 Å².